The molecule has 7 aromatic rings. The van der Waals surface area contributed by atoms with E-state index in [4.69, 9.17) is 19.4 Å². The molecule has 41 heavy (non-hydrogen) atoms. The second-order valence-corrected chi connectivity index (χ2v) is 10.4. The molecule has 0 radical (unpaired) electrons. The minimum atomic E-state index is 0.630. The molecule has 0 unspecified atom stereocenters. The first kappa shape index (κ1) is 22.3. The van der Waals surface area contributed by atoms with Gasteiger partial charge < -0.3 is 9.73 Å². The van der Waals surface area contributed by atoms with E-state index in [9.17, 15) is 0 Å². The topological polar surface area (TPSA) is 63.8 Å². The fraction of sp³-hybridized carbons (Fsp3) is 0.0278. The van der Waals surface area contributed by atoms with Gasteiger partial charge in [0.1, 0.15) is 5.58 Å². The molecule has 1 aliphatic carbocycles. The molecule has 0 saturated carbocycles. The van der Waals surface area contributed by atoms with Crippen molar-refractivity contribution in [1.82, 2.24) is 15.0 Å². The molecule has 5 nitrogen and oxygen atoms in total. The lowest BCUT2D eigenvalue weighted by Gasteiger charge is -2.15. The van der Waals surface area contributed by atoms with Crippen LogP contribution in [-0.4, -0.2) is 21.5 Å². The summed E-state index contributed by atoms with van der Waals surface area (Å²) in [5, 5.41) is 6.98. The minimum absolute atomic E-state index is 0.630. The van der Waals surface area contributed by atoms with Gasteiger partial charge in [-0.05, 0) is 45.2 Å². The maximum Gasteiger partial charge on any atom is 0.202 e. The molecule has 5 heteroatoms. The molecule has 192 valence electrons. The molecule has 2 aromatic heterocycles. The van der Waals surface area contributed by atoms with Crippen LogP contribution in [0.15, 0.2) is 120 Å². The Morgan fingerprint density at radius 1 is 0.585 bits per heavy atom. The zero-order valence-corrected chi connectivity index (χ0v) is 21.9. The van der Waals surface area contributed by atoms with Crippen LogP contribution in [0, 0.1) is 0 Å². The summed E-state index contributed by atoms with van der Waals surface area (Å²) in [5.41, 5.74) is 9.66. The molecular formula is C36H22N4O. The number of aromatic nitrogens is 3. The summed E-state index contributed by atoms with van der Waals surface area (Å²) in [6, 6.07) is 37.8. The molecule has 0 amide bonds. The average molecular weight is 527 g/mol. The average Bonchev–Trinajstić information content (AvgIpc) is 3.58. The highest BCUT2D eigenvalue weighted by atomic mass is 16.3. The van der Waals surface area contributed by atoms with E-state index in [-0.39, 0.29) is 0 Å². The van der Waals surface area contributed by atoms with E-state index < -0.39 is 0 Å². The quantitative estimate of drug-likeness (QED) is 0.250. The number of furan rings is 1. The summed E-state index contributed by atoms with van der Waals surface area (Å²) in [7, 11) is 0. The summed E-state index contributed by atoms with van der Waals surface area (Å²) >= 11 is 0. The van der Waals surface area contributed by atoms with E-state index in [0.29, 0.717) is 24.0 Å². The van der Waals surface area contributed by atoms with E-state index in [1.165, 1.54) is 33.0 Å². The molecule has 0 bridgehead atoms. The van der Waals surface area contributed by atoms with Crippen LogP contribution in [0.25, 0.3) is 72.3 Å². The second-order valence-electron chi connectivity index (χ2n) is 10.4. The molecule has 0 fully saturated rings. The molecule has 0 saturated heterocycles. The number of rotatable bonds is 3. The van der Waals surface area contributed by atoms with Gasteiger partial charge in [0, 0.05) is 28.6 Å². The highest BCUT2D eigenvalue weighted by molar-refractivity contribution is 6.15. The molecule has 1 aliphatic heterocycles. The summed E-state index contributed by atoms with van der Waals surface area (Å²) < 4.78 is 6.16. The Labute approximate surface area is 235 Å². The summed E-state index contributed by atoms with van der Waals surface area (Å²) in [4.78, 5) is 15.1. The lowest BCUT2D eigenvalue weighted by Crippen LogP contribution is -2.10. The molecule has 5 aromatic carbocycles. The van der Waals surface area contributed by atoms with Crippen molar-refractivity contribution in [3.63, 3.8) is 0 Å². The van der Waals surface area contributed by atoms with Gasteiger partial charge in [0.05, 0.1) is 5.56 Å². The van der Waals surface area contributed by atoms with E-state index in [0.717, 1.165) is 39.1 Å². The normalized spacial score (nSPS) is 13.1. The number of anilines is 1. The Bertz CT molecular complexity index is 2210. The standard InChI is InChI=1S/C36H22N4O/c1-2-8-22(9-3-1)33-38-34(23-16-17-24-25-13-6-10-21-11-7-14-26(31(21)25)29(24)20-23)40-35(39-33)28-18-19-37-36-32(28)27-12-4-5-15-30(27)41-36/h1-18,20,37H,19H2. The largest absolute Gasteiger partial charge is 0.440 e. The van der Waals surface area contributed by atoms with Gasteiger partial charge in [-0.3, -0.25) is 0 Å². The number of para-hydroxylation sites is 1. The Morgan fingerprint density at radius 2 is 1.32 bits per heavy atom. The van der Waals surface area contributed by atoms with Gasteiger partial charge in [-0.25, -0.2) is 15.0 Å². The van der Waals surface area contributed by atoms with Gasteiger partial charge in [0.25, 0.3) is 0 Å². The smallest absolute Gasteiger partial charge is 0.202 e. The highest BCUT2D eigenvalue weighted by Gasteiger charge is 2.26. The predicted molar refractivity (Wildman–Crippen MR) is 164 cm³/mol. The summed E-state index contributed by atoms with van der Waals surface area (Å²) in [6.45, 7) is 0.630. The zero-order valence-electron chi connectivity index (χ0n) is 21.9. The van der Waals surface area contributed by atoms with Gasteiger partial charge in [0.15, 0.2) is 17.5 Å². The van der Waals surface area contributed by atoms with E-state index in [2.05, 4.69) is 72.1 Å². The van der Waals surface area contributed by atoms with E-state index in [1.54, 1.807) is 0 Å². The number of benzene rings is 5. The van der Waals surface area contributed by atoms with Crippen molar-refractivity contribution in [3.8, 4) is 45.0 Å². The second kappa shape index (κ2) is 8.47. The van der Waals surface area contributed by atoms with Crippen molar-refractivity contribution in [2.24, 2.45) is 0 Å². The number of nitrogens with zero attached hydrogens (tertiary/aromatic N) is 3. The highest BCUT2D eigenvalue weighted by Crippen LogP contribution is 2.48. The Kier molecular flexibility index (Phi) is 4.61. The molecule has 3 heterocycles. The van der Waals surface area contributed by atoms with E-state index in [1.807, 2.05) is 48.5 Å². The number of hydrogen-bond acceptors (Lipinski definition) is 5. The molecule has 0 atom stereocenters. The first-order valence-electron chi connectivity index (χ1n) is 13.8. The first-order chi connectivity index (χ1) is 20.3. The van der Waals surface area contributed by atoms with Crippen molar-refractivity contribution >= 4 is 33.2 Å². The monoisotopic (exact) mass is 526 g/mol. The lowest BCUT2D eigenvalue weighted by molar-refractivity contribution is 0.627. The van der Waals surface area contributed by atoms with Crippen molar-refractivity contribution in [3.05, 3.63) is 127 Å². The lowest BCUT2D eigenvalue weighted by atomic mass is 9.99. The van der Waals surface area contributed by atoms with Gasteiger partial charge in [-0.2, -0.15) is 0 Å². The first-order valence-corrected chi connectivity index (χ1v) is 13.8. The van der Waals surface area contributed by atoms with Crippen LogP contribution in [0.5, 0.6) is 0 Å². The summed E-state index contributed by atoms with van der Waals surface area (Å²) in [6.07, 6.45) is 2.14. The third kappa shape index (κ3) is 3.33. The Hall–Kier alpha value is -5.55. The minimum Gasteiger partial charge on any atom is -0.440 e. The predicted octanol–water partition coefficient (Wildman–Crippen LogP) is 8.61. The SMILES string of the molecule is C1=C(c2nc(-c3ccccc3)nc(-c3ccc4c(c3)-c3cccc5cccc-4c35)n2)c2c(oc3ccccc23)NC1. The van der Waals surface area contributed by atoms with Gasteiger partial charge in [-0.15, -0.1) is 0 Å². The van der Waals surface area contributed by atoms with Crippen molar-refractivity contribution < 1.29 is 4.42 Å². The van der Waals surface area contributed by atoms with Gasteiger partial charge in [0.2, 0.25) is 5.88 Å². The Balaban J connectivity index is 1.26. The third-order valence-electron chi connectivity index (χ3n) is 8.10. The van der Waals surface area contributed by atoms with Gasteiger partial charge >= 0.3 is 0 Å². The van der Waals surface area contributed by atoms with Crippen molar-refractivity contribution in [1.29, 1.82) is 0 Å². The van der Waals surface area contributed by atoms with Crippen molar-refractivity contribution in [2.75, 3.05) is 11.9 Å². The van der Waals surface area contributed by atoms with Crippen LogP contribution in [0.2, 0.25) is 0 Å². The molecule has 2 aliphatic rings. The maximum atomic E-state index is 6.16. The van der Waals surface area contributed by atoms with Crippen LogP contribution >= 0.6 is 0 Å². The fourth-order valence-corrected chi connectivity index (χ4v) is 6.26. The van der Waals surface area contributed by atoms with Crippen molar-refractivity contribution in [2.45, 2.75) is 0 Å². The van der Waals surface area contributed by atoms with Crippen LogP contribution in [-0.2, 0) is 0 Å². The number of hydrogen-bond donors (Lipinski definition) is 1. The van der Waals surface area contributed by atoms with E-state index >= 15 is 0 Å². The molecule has 9 rings (SSSR count). The van der Waals surface area contributed by atoms with Crippen LogP contribution in [0.3, 0.4) is 0 Å². The molecular weight excluding hydrogens is 504 g/mol. The molecule has 1 N–H and O–H groups in total. The number of nitrogens with one attached hydrogen (secondary N) is 1. The summed E-state index contributed by atoms with van der Waals surface area (Å²) in [5.74, 6) is 2.67. The van der Waals surface area contributed by atoms with Crippen LogP contribution in [0.4, 0.5) is 5.88 Å². The number of fused-ring (bicyclic) bond motifs is 6. The zero-order chi connectivity index (χ0) is 26.9. The van der Waals surface area contributed by atoms with Crippen LogP contribution < -0.4 is 5.32 Å². The van der Waals surface area contributed by atoms with Crippen LogP contribution in [0.1, 0.15) is 11.4 Å². The third-order valence-corrected chi connectivity index (χ3v) is 8.10. The van der Waals surface area contributed by atoms with Gasteiger partial charge in [-0.1, -0.05) is 103 Å². The maximum absolute atomic E-state index is 6.16. The molecule has 0 spiro atoms. The fourth-order valence-electron chi connectivity index (χ4n) is 6.26. The Morgan fingerprint density at radius 3 is 2.17 bits per heavy atom.